The molecular weight excluding hydrogens is 188 g/mol. The molecule has 0 atom stereocenters. The van der Waals surface area contributed by atoms with E-state index in [-0.39, 0.29) is 0 Å². The Labute approximate surface area is 80.4 Å². The van der Waals surface area contributed by atoms with Crippen LogP contribution in [0, 0.1) is 0 Å². The van der Waals surface area contributed by atoms with E-state index in [1.807, 2.05) is 0 Å². The maximum absolute atomic E-state index is 10.9. The summed E-state index contributed by atoms with van der Waals surface area (Å²) < 4.78 is 4.95. The van der Waals surface area contributed by atoms with E-state index >= 15 is 0 Å². The summed E-state index contributed by atoms with van der Waals surface area (Å²) in [5.41, 5.74) is 5.53. The summed E-state index contributed by atoms with van der Waals surface area (Å²) in [5, 5.41) is 5.35. The van der Waals surface area contributed by atoms with Crippen molar-refractivity contribution in [2.75, 3.05) is 7.11 Å². The molecular formula is C8H10N2O2S. The van der Waals surface area contributed by atoms with Crippen molar-refractivity contribution in [1.82, 2.24) is 0 Å². The molecule has 4 N–H and O–H groups in total. The average Bonchev–Trinajstić information content (AvgIpc) is 2.16. The maximum Gasteiger partial charge on any atom is 0.250 e. The third kappa shape index (κ3) is 2.13. The Morgan fingerprint density at radius 1 is 1.54 bits per heavy atom. The van der Waals surface area contributed by atoms with E-state index in [1.165, 1.54) is 7.11 Å². The maximum atomic E-state index is 10.9. The number of benzene rings is 1. The van der Waals surface area contributed by atoms with Gasteiger partial charge >= 0.3 is 0 Å². The van der Waals surface area contributed by atoms with Crippen LogP contribution in [0.25, 0.3) is 0 Å². The molecule has 0 aliphatic rings. The first kappa shape index (κ1) is 9.88. The fourth-order valence-corrected chi connectivity index (χ4v) is 1.36. The van der Waals surface area contributed by atoms with Gasteiger partial charge in [0.25, 0.3) is 0 Å². The highest BCUT2D eigenvalue weighted by Gasteiger charge is 2.08. The van der Waals surface area contributed by atoms with Crippen LogP contribution in [0.15, 0.2) is 23.1 Å². The number of amides is 1. The van der Waals surface area contributed by atoms with Crippen molar-refractivity contribution in [1.29, 1.82) is 0 Å². The lowest BCUT2D eigenvalue weighted by atomic mass is 10.2. The second kappa shape index (κ2) is 4.15. The molecule has 0 aliphatic heterocycles. The third-order valence-corrected chi connectivity index (χ3v) is 2.19. The molecule has 0 spiro atoms. The van der Waals surface area contributed by atoms with Crippen molar-refractivity contribution < 1.29 is 9.53 Å². The van der Waals surface area contributed by atoms with Crippen LogP contribution in [-0.2, 0) is 0 Å². The molecule has 0 fully saturated rings. The van der Waals surface area contributed by atoms with E-state index < -0.39 is 5.91 Å². The zero-order valence-electron chi connectivity index (χ0n) is 7.11. The summed E-state index contributed by atoms with van der Waals surface area (Å²) >= 11 is 0.987. The number of nitrogens with two attached hydrogens (primary N) is 2. The smallest absolute Gasteiger partial charge is 0.250 e. The SMILES string of the molecule is COc1ccc(SN)c(C(N)=O)c1. The van der Waals surface area contributed by atoms with E-state index in [9.17, 15) is 4.79 Å². The summed E-state index contributed by atoms with van der Waals surface area (Å²) in [6.07, 6.45) is 0. The van der Waals surface area contributed by atoms with Crippen LogP contribution in [0.5, 0.6) is 5.75 Å². The average molecular weight is 198 g/mol. The fraction of sp³-hybridized carbons (Fsp3) is 0.125. The molecule has 1 aromatic carbocycles. The van der Waals surface area contributed by atoms with Crippen molar-refractivity contribution in [3.63, 3.8) is 0 Å². The van der Waals surface area contributed by atoms with Gasteiger partial charge in [-0.1, -0.05) is 0 Å². The molecule has 70 valence electrons. The topological polar surface area (TPSA) is 78.3 Å². The second-order valence-electron chi connectivity index (χ2n) is 2.34. The van der Waals surface area contributed by atoms with Gasteiger partial charge in [0.05, 0.1) is 12.7 Å². The van der Waals surface area contributed by atoms with E-state index in [0.29, 0.717) is 16.2 Å². The normalized spacial score (nSPS) is 9.69. The highest BCUT2D eigenvalue weighted by molar-refractivity contribution is 7.97. The Morgan fingerprint density at radius 2 is 2.23 bits per heavy atom. The minimum absolute atomic E-state index is 0.381. The predicted molar refractivity (Wildman–Crippen MR) is 51.6 cm³/mol. The molecule has 4 nitrogen and oxygen atoms in total. The number of ether oxygens (including phenoxy) is 1. The van der Waals surface area contributed by atoms with Gasteiger partial charge in [-0.3, -0.25) is 9.93 Å². The standard InChI is InChI=1S/C8H10N2O2S/c1-12-5-2-3-7(13-10)6(4-5)8(9)11/h2-4H,10H2,1H3,(H2,9,11). The highest BCUT2D eigenvalue weighted by atomic mass is 32.2. The Kier molecular flexibility index (Phi) is 3.16. The highest BCUT2D eigenvalue weighted by Crippen LogP contribution is 2.22. The number of carbonyl (C=O) groups excluding carboxylic acids is 1. The molecule has 1 amide bonds. The number of hydrogen-bond donors (Lipinski definition) is 2. The molecule has 0 heterocycles. The molecule has 0 aromatic heterocycles. The lowest BCUT2D eigenvalue weighted by Gasteiger charge is -2.05. The van der Waals surface area contributed by atoms with Crippen molar-refractivity contribution in [3.8, 4) is 5.75 Å². The number of rotatable bonds is 3. The van der Waals surface area contributed by atoms with Crippen LogP contribution in [0.1, 0.15) is 10.4 Å². The minimum atomic E-state index is -0.508. The van der Waals surface area contributed by atoms with Crippen LogP contribution in [0.4, 0.5) is 0 Å². The van der Waals surface area contributed by atoms with E-state index in [0.717, 1.165) is 11.9 Å². The summed E-state index contributed by atoms with van der Waals surface area (Å²) in [6.45, 7) is 0. The molecule has 0 aliphatic carbocycles. The van der Waals surface area contributed by atoms with Gasteiger partial charge in [0, 0.05) is 4.90 Å². The van der Waals surface area contributed by atoms with E-state index in [1.54, 1.807) is 18.2 Å². The molecule has 0 bridgehead atoms. The molecule has 0 radical (unpaired) electrons. The van der Waals surface area contributed by atoms with Crippen LogP contribution in [0.3, 0.4) is 0 Å². The van der Waals surface area contributed by atoms with Crippen molar-refractivity contribution in [2.45, 2.75) is 4.90 Å². The van der Waals surface area contributed by atoms with Crippen molar-refractivity contribution in [3.05, 3.63) is 23.8 Å². The first-order chi connectivity index (χ1) is 6.19. The zero-order chi connectivity index (χ0) is 9.84. The van der Waals surface area contributed by atoms with E-state index in [4.69, 9.17) is 15.6 Å². The molecule has 5 heteroatoms. The van der Waals surface area contributed by atoms with E-state index in [2.05, 4.69) is 0 Å². The fourth-order valence-electron chi connectivity index (χ4n) is 0.931. The largest absolute Gasteiger partial charge is 0.497 e. The van der Waals surface area contributed by atoms with Gasteiger partial charge in [0.15, 0.2) is 0 Å². The number of carbonyl (C=O) groups is 1. The lowest BCUT2D eigenvalue weighted by Crippen LogP contribution is -2.12. The van der Waals surface area contributed by atoms with Gasteiger partial charge in [0.2, 0.25) is 5.91 Å². The van der Waals surface area contributed by atoms with Gasteiger partial charge in [-0.05, 0) is 30.1 Å². The Morgan fingerprint density at radius 3 is 2.69 bits per heavy atom. The number of hydrogen-bond acceptors (Lipinski definition) is 4. The van der Waals surface area contributed by atoms with Gasteiger partial charge in [0.1, 0.15) is 5.75 Å². The van der Waals surface area contributed by atoms with Crippen LogP contribution in [0.2, 0.25) is 0 Å². The Balaban J connectivity index is 3.18. The molecule has 0 unspecified atom stereocenters. The summed E-state index contributed by atoms with van der Waals surface area (Å²) in [6, 6.07) is 4.99. The number of primary amides is 1. The molecule has 0 saturated carbocycles. The molecule has 13 heavy (non-hydrogen) atoms. The molecule has 1 aromatic rings. The van der Waals surface area contributed by atoms with Crippen LogP contribution < -0.4 is 15.6 Å². The monoisotopic (exact) mass is 198 g/mol. The second-order valence-corrected chi connectivity index (χ2v) is 3.02. The first-order valence-electron chi connectivity index (χ1n) is 3.53. The van der Waals surface area contributed by atoms with Crippen molar-refractivity contribution in [2.24, 2.45) is 10.9 Å². The minimum Gasteiger partial charge on any atom is -0.497 e. The van der Waals surface area contributed by atoms with Gasteiger partial charge in [-0.2, -0.15) is 0 Å². The summed E-state index contributed by atoms with van der Waals surface area (Å²) in [4.78, 5) is 11.6. The van der Waals surface area contributed by atoms with Gasteiger partial charge in [-0.15, -0.1) is 0 Å². The quantitative estimate of drug-likeness (QED) is 0.703. The number of methoxy groups -OCH3 is 1. The summed E-state index contributed by atoms with van der Waals surface area (Å²) in [7, 11) is 1.52. The summed E-state index contributed by atoms with van der Waals surface area (Å²) in [5.74, 6) is 0.0819. The third-order valence-electron chi connectivity index (χ3n) is 1.58. The van der Waals surface area contributed by atoms with Gasteiger partial charge < -0.3 is 10.5 Å². The Hall–Kier alpha value is -1.20. The predicted octanol–water partition coefficient (Wildman–Crippen LogP) is 0.760. The van der Waals surface area contributed by atoms with Crippen molar-refractivity contribution >= 4 is 17.9 Å². The first-order valence-corrected chi connectivity index (χ1v) is 4.41. The Bertz CT molecular complexity index is 328. The van der Waals surface area contributed by atoms with Crippen LogP contribution >= 0.6 is 11.9 Å². The lowest BCUT2D eigenvalue weighted by molar-refractivity contribution is 0.0997. The molecule has 0 saturated heterocycles. The van der Waals surface area contributed by atoms with Crippen LogP contribution in [-0.4, -0.2) is 13.0 Å². The van der Waals surface area contributed by atoms with Gasteiger partial charge in [-0.25, -0.2) is 0 Å². The zero-order valence-corrected chi connectivity index (χ0v) is 7.93. The molecule has 1 rings (SSSR count).